The van der Waals surface area contributed by atoms with E-state index in [-0.39, 0.29) is 0 Å². The van der Waals surface area contributed by atoms with E-state index in [1.165, 1.54) is 11.4 Å². The molecular weight excluding hydrogens is 440 g/mol. The van der Waals surface area contributed by atoms with E-state index in [2.05, 4.69) is 31.7 Å². The summed E-state index contributed by atoms with van der Waals surface area (Å²) >= 11 is 6.37. The van der Waals surface area contributed by atoms with Crippen molar-refractivity contribution in [2.24, 2.45) is 0 Å². The van der Waals surface area contributed by atoms with Crippen molar-refractivity contribution in [3.63, 3.8) is 0 Å². The lowest BCUT2D eigenvalue weighted by atomic mass is 9.92. The zero-order valence-electron chi connectivity index (χ0n) is 19.1. The second-order valence-electron chi connectivity index (χ2n) is 8.58. The number of aromatic nitrogens is 4. The molecule has 5 rings (SSSR count). The molecule has 33 heavy (non-hydrogen) atoms. The van der Waals surface area contributed by atoms with E-state index in [0.29, 0.717) is 24.2 Å². The number of piperidine rings is 1. The number of halogens is 1. The maximum Gasteiger partial charge on any atom is 0.393 e. The number of benzene rings is 1. The Bertz CT molecular complexity index is 1110. The number of nitrogens with zero attached hydrogens (tertiary/aromatic N) is 4. The molecule has 0 aliphatic carbocycles. The smallest absolute Gasteiger partial charge is 0.393 e. The minimum Gasteiger partial charge on any atom is -0.496 e. The number of H-pyrrole nitrogens is 2. The highest BCUT2D eigenvalue weighted by molar-refractivity contribution is 6.31. The van der Waals surface area contributed by atoms with Crippen LogP contribution in [0, 0.1) is 6.92 Å². The van der Waals surface area contributed by atoms with Crippen LogP contribution in [0.4, 0.5) is 11.8 Å². The molecule has 9 heteroatoms. The van der Waals surface area contributed by atoms with Gasteiger partial charge in [0.25, 0.3) is 0 Å². The number of hydrogen-bond acceptors (Lipinski definition) is 6. The lowest BCUT2D eigenvalue weighted by molar-refractivity contribution is -0.367. The normalized spacial score (nSPS) is 17.4. The Kier molecular flexibility index (Phi) is 6.37. The predicted octanol–water partition coefficient (Wildman–Crippen LogP) is 3.48. The molecule has 0 saturated carbocycles. The van der Waals surface area contributed by atoms with E-state index < -0.39 is 0 Å². The minimum atomic E-state index is 0.464. The Balaban J connectivity index is 1.50. The second-order valence-corrected chi connectivity index (χ2v) is 9.02. The van der Waals surface area contributed by atoms with Crippen LogP contribution in [0.1, 0.15) is 30.1 Å². The van der Waals surface area contributed by atoms with Gasteiger partial charge in [0, 0.05) is 35.3 Å². The fraction of sp³-hybridized carbons (Fsp3) is 0.458. The molecule has 0 atom stereocenters. The monoisotopic (exact) mass is 469 g/mol. The molecule has 2 fully saturated rings. The van der Waals surface area contributed by atoms with E-state index in [9.17, 15) is 0 Å². The maximum atomic E-state index is 6.37. The van der Waals surface area contributed by atoms with Crippen molar-refractivity contribution in [2.45, 2.75) is 25.7 Å². The van der Waals surface area contributed by atoms with Gasteiger partial charge in [0.15, 0.2) is 0 Å². The summed E-state index contributed by atoms with van der Waals surface area (Å²) in [6.07, 6.45) is 5.89. The first-order valence-corrected chi connectivity index (χ1v) is 11.9. The molecule has 2 aliphatic heterocycles. The van der Waals surface area contributed by atoms with Crippen molar-refractivity contribution in [1.82, 2.24) is 15.0 Å². The van der Waals surface area contributed by atoms with Crippen LogP contribution in [0.2, 0.25) is 5.02 Å². The number of hydrogen-bond donors (Lipinski definition) is 1. The van der Waals surface area contributed by atoms with Crippen molar-refractivity contribution >= 4 is 23.4 Å². The van der Waals surface area contributed by atoms with Crippen LogP contribution < -0.4 is 19.5 Å². The zero-order chi connectivity index (χ0) is 22.8. The van der Waals surface area contributed by atoms with Crippen LogP contribution in [0.3, 0.4) is 0 Å². The van der Waals surface area contributed by atoms with Gasteiger partial charge in [-0.15, -0.1) is 0 Å². The summed E-state index contributed by atoms with van der Waals surface area (Å²) < 4.78 is 11.2. The number of aromatic amines is 2. The minimum absolute atomic E-state index is 0.464. The number of imidazole rings is 1. The van der Waals surface area contributed by atoms with Crippen LogP contribution in [0.5, 0.6) is 5.75 Å². The molecule has 1 aromatic carbocycles. The van der Waals surface area contributed by atoms with Crippen LogP contribution in [0.15, 0.2) is 30.7 Å². The van der Waals surface area contributed by atoms with Gasteiger partial charge in [0.1, 0.15) is 5.75 Å². The predicted molar refractivity (Wildman–Crippen MR) is 128 cm³/mol. The molecule has 174 valence electrons. The van der Waals surface area contributed by atoms with Crippen molar-refractivity contribution in [3.8, 4) is 16.9 Å². The summed E-state index contributed by atoms with van der Waals surface area (Å²) in [4.78, 5) is 20.9. The van der Waals surface area contributed by atoms with E-state index in [0.717, 1.165) is 67.7 Å². The number of nitrogens with one attached hydrogen (secondary N) is 2. The Morgan fingerprint density at radius 2 is 1.91 bits per heavy atom. The number of aryl methyl sites for hydroxylation is 1. The number of ether oxygens (including phenoxy) is 2. The summed E-state index contributed by atoms with van der Waals surface area (Å²) in [5.74, 6) is 3.05. The molecule has 0 radical (unpaired) electrons. The average molecular weight is 470 g/mol. The third-order valence-electron chi connectivity index (χ3n) is 6.61. The molecule has 2 aromatic heterocycles. The SMILES string of the molecule is COc1ccc(Cl)cc1-c1c[nH+]c(N2CCOCC2)nc1N1CCC(c2nc[nH]c2C)CC1. The topological polar surface area (TPSA) is 80.7 Å². The van der Waals surface area contributed by atoms with Crippen molar-refractivity contribution < 1.29 is 14.5 Å². The Morgan fingerprint density at radius 1 is 1.12 bits per heavy atom. The van der Waals surface area contributed by atoms with Crippen molar-refractivity contribution in [2.75, 3.05) is 56.3 Å². The molecule has 8 nitrogen and oxygen atoms in total. The summed E-state index contributed by atoms with van der Waals surface area (Å²) in [7, 11) is 1.68. The highest BCUT2D eigenvalue weighted by Crippen LogP contribution is 2.39. The number of anilines is 2. The van der Waals surface area contributed by atoms with Crippen molar-refractivity contribution in [3.05, 3.63) is 47.1 Å². The maximum absolute atomic E-state index is 6.37. The first-order chi connectivity index (χ1) is 16.1. The van der Waals surface area contributed by atoms with Crippen LogP contribution in [-0.2, 0) is 4.74 Å². The fourth-order valence-electron chi connectivity index (χ4n) is 4.81. The lowest BCUT2D eigenvalue weighted by Crippen LogP contribution is -2.41. The molecule has 2 N–H and O–H groups in total. The average Bonchev–Trinajstić information content (AvgIpc) is 3.30. The number of methoxy groups -OCH3 is 1. The van der Waals surface area contributed by atoms with Crippen LogP contribution in [0.25, 0.3) is 11.1 Å². The van der Waals surface area contributed by atoms with Gasteiger partial charge in [-0.05, 0) is 38.0 Å². The zero-order valence-corrected chi connectivity index (χ0v) is 19.9. The third-order valence-corrected chi connectivity index (χ3v) is 6.85. The van der Waals surface area contributed by atoms with Crippen molar-refractivity contribution in [1.29, 1.82) is 0 Å². The molecule has 3 aromatic rings. The highest BCUT2D eigenvalue weighted by atomic mass is 35.5. The summed E-state index contributed by atoms with van der Waals surface area (Å²) in [5, 5.41) is 0.668. The fourth-order valence-corrected chi connectivity index (χ4v) is 4.98. The first kappa shape index (κ1) is 22.0. The molecule has 0 spiro atoms. The number of rotatable bonds is 5. The number of morpholine rings is 1. The van der Waals surface area contributed by atoms with E-state index in [1.807, 2.05) is 24.4 Å². The molecule has 2 saturated heterocycles. The van der Waals surface area contributed by atoms with Gasteiger partial charge < -0.3 is 19.4 Å². The largest absolute Gasteiger partial charge is 0.496 e. The van der Waals surface area contributed by atoms with Gasteiger partial charge >= 0.3 is 5.95 Å². The molecule has 0 bridgehead atoms. The van der Waals surface area contributed by atoms with Gasteiger partial charge in [-0.3, -0.25) is 4.90 Å². The lowest BCUT2D eigenvalue weighted by Gasteiger charge is -2.32. The summed E-state index contributed by atoms with van der Waals surface area (Å²) in [6.45, 7) is 6.99. The quantitative estimate of drug-likeness (QED) is 0.616. The highest BCUT2D eigenvalue weighted by Gasteiger charge is 2.31. The standard InChI is InChI=1S/C24H29ClN6O2/c1-16-22(28-15-27-16)17-5-7-30(8-6-17)23-20(19-13-18(25)3-4-21(19)32-2)14-26-24(29-23)31-9-11-33-12-10-31/h3-4,13-15,17H,5-12H2,1-2H3,(H,27,28)/p+1. The van der Waals surface area contributed by atoms with E-state index in [1.54, 1.807) is 13.4 Å². The van der Waals surface area contributed by atoms with Gasteiger partial charge in [-0.1, -0.05) is 16.6 Å². The first-order valence-electron chi connectivity index (χ1n) is 11.5. The van der Waals surface area contributed by atoms with Gasteiger partial charge in [-0.2, -0.15) is 0 Å². The Hall–Kier alpha value is -2.84. The van der Waals surface area contributed by atoms with E-state index in [4.69, 9.17) is 26.1 Å². The summed E-state index contributed by atoms with van der Waals surface area (Å²) in [6, 6.07) is 5.70. The van der Waals surface area contributed by atoms with Gasteiger partial charge in [0.2, 0.25) is 5.82 Å². The molecule has 0 unspecified atom stereocenters. The molecule has 4 heterocycles. The third kappa shape index (κ3) is 4.50. The molecule has 2 aliphatic rings. The van der Waals surface area contributed by atoms with Gasteiger partial charge in [0.05, 0.1) is 57.2 Å². The van der Waals surface area contributed by atoms with Crippen LogP contribution in [-0.4, -0.2) is 61.5 Å². The van der Waals surface area contributed by atoms with Gasteiger partial charge in [-0.25, -0.2) is 9.97 Å². The molecular formula is C24H30ClN6O2+. The van der Waals surface area contributed by atoms with Crippen LogP contribution >= 0.6 is 11.6 Å². The van der Waals surface area contributed by atoms with E-state index >= 15 is 0 Å². The second kappa shape index (κ2) is 9.57. The molecule has 0 amide bonds. The Labute approximate surface area is 198 Å². The summed E-state index contributed by atoms with van der Waals surface area (Å²) in [5.41, 5.74) is 4.28. The Morgan fingerprint density at radius 3 is 2.61 bits per heavy atom.